The van der Waals surface area contributed by atoms with Crippen LogP contribution in [0.5, 0.6) is 0 Å². The molecular formula is C14H16N2O3. The first-order chi connectivity index (χ1) is 9.02. The Kier molecular flexibility index (Phi) is 5.42. The molecule has 1 rings (SSSR count). The van der Waals surface area contributed by atoms with Crippen LogP contribution in [-0.4, -0.2) is 23.1 Å². The Morgan fingerprint density at radius 2 is 2.11 bits per heavy atom. The number of terminal acetylenes is 1. The van der Waals surface area contributed by atoms with Crippen LogP contribution in [0.4, 0.5) is 10.5 Å². The molecule has 2 amide bonds. The second-order valence-corrected chi connectivity index (χ2v) is 4.04. The summed E-state index contributed by atoms with van der Waals surface area (Å²) in [6, 6.07) is 6.29. The number of aliphatic carboxylic acids is 1. The predicted molar refractivity (Wildman–Crippen MR) is 72.8 cm³/mol. The van der Waals surface area contributed by atoms with E-state index >= 15 is 0 Å². The molecule has 1 aromatic carbocycles. The molecule has 0 aliphatic heterocycles. The summed E-state index contributed by atoms with van der Waals surface area (Å²) >= 11 is 0. The van der Waals surface area contributed by atoms with Gasteiger partial charge in [-0.2, -0.15) is 0 Å². The molecule has 5 nitrogen and oxygen atoms in total. The van der Waals surface area contributed by atoms with E-state index in [1.165, 1.54) is 0 Å². The Morgan fingerprint density at radius 1 is 1.42 bits per heavy atom. The first-order valence-electron chi connectivity index (χ1n) is 5.86. The molecule has 0 saturated carbocycles. The van der Waals surface area contributed by atoms with Crippen LogP contribution in [0.2, 0.25) is 0 Å². The summed E-state index contributed by atoms with van der Waals surface area (Å²) < 4.78 is 0. The van der Waals surface area contributed by atoms with Crippen LogP contribution in [0.3, 0.4) is 0 Å². The highest BCUT2D eigenvalue weighted by molar-refractivity contribution is 5.90. The number of rotatable bonds is 5. The van der Waals surface area contributed by atoms with E-state index in [4.69, 9.17) is 11.5 Å². The van der Waals surface area contributed by atoms with Gasteiger partial charge in [0, 0.05) is 12.1 Å². The second kappa shape index (κ2) is 7.07. The molecular weight excluding hydrogens is 244 g/mol. The third-order valence-corrected chi connectivity index (χ3v) is 2.47. The number of anilines is 1. The molecule has 0 spiro atoms. The SMILES string of the molecule is C#CC(C)NC(=O)Nc1ccccc1CCC(=O)O. The Bertz CT molecular complexity index is 506. The van der Waals surface area contributed by atoms with Crippen molar-refractivity contribution in [2.45, 2.75) is 25.8 Å². The lowest BCUT2D eigenvalue weighted by Gasteiger charge is -2.12. The summed E-state index contributed by atoms with van der Waals surface area (Å²) in [5.41, 5.74) is 1.36. The number of nitrogens with one attached hydrogen (secondary N) is 2. The molecule has 0 aliphatic rings. The first kappa shape index (κ1) is 14.6. The fourth-order valence-electron chi connectivity index (χ4n) is 1.50. The van der Waals surface area contributed by atoms with Crippen molar-refractivity contribution in [3.63, 3.8) is 0 Å². The summed E-state index contributed by atoms with van der Waals surface area (Å²) in [6.07, 6.45) is 5.54. The molecule has 0 bridgehead atoms. The van der Waals surface area contributed by atoms with Gasteiger partial charge in [-0.1, -0.05) is 24.1 Å². The lowest BCUT2D eigenvalue weighted by molar-refractivity contribution is -0.136. The largest absolute Gasteiger partial charge is 0.481 e. The minimum Gasteiger partial charge on any atom is -0.481 e. The number of hydrogen-bond acceptors (Lipinski definition) is 2. The van der Waals surface area contributed by atoms with Gasteiger partial charge in [-0.25, -0.2) is 4.79 Å². The molecule has 1 aromatic rings. The van der Waals surface area contributed by atoms with E-state index < -0.39 is 12.0 Å². The molecule has 100 valence electrons. The number of carbonyl (C=O) groups excluding carboxylic acids is 1. The van der Waals surface area contributed by atoms with Gasteiger partial charge in [-0.05, 0) is 25.0 Å². The molecule has 0 aliphatic carbocycles. The molecule has 0 aromatic heterocycles. The highest BCUT2D eigenvalue weighted by atomic mass is 16.4. The zero-order valence-corrected chi connectivity index (χ0v) is 10.6. The van der Waals surface area contributed by atoms with Crippen molar-refractivity contribution >= 4 is 17.7 Å². The van der Waals surface area contributed by atoms with Crippen LogP contribution in [0.1, 0.15) is 18.9 Å². The van der Waals surface area contributed by atoms with Crippen molar-refractivity contribution in [2.75, 3.05) is 5.32 Å². The fourth-order valence-corrected chi connectivity index (χ4v) is 1.50. The zero-order chi connectivity index (χ0) is 14.3. The summed E-state index contributed by atoms with van der Waals surface area (Å²) in [5.74, 6) is 1.51. The van der Waals surface area contributed by atoms with Crippen LogP contribution in [0, 0.1) is 12.3 Å². The average molecular weight is 260 g/mol. The number of para-hydroxylation sites is 1. The maximum atomic E-state index is 11.6. The number of urea groups is 1. The smallest absolute Gasteiger partial charge is 0.320 e. The van der Waals surface area contributed by atoms with E-state index in [0.29, 0.717) is 12.1 Å². The maximum Gasteiger partial charge on any atom is 0.320 e. The average Bonchev–Trinajstić information content (AvgIpc) is 2.37. The Morgan fingerprint density at radius 3 is 2.74 bits per heavy atom. The quantitative estimate of drug-likeness (QED) is 0.707. The van der Waals surface area contributed by atoms with Gasteiger partial charge in [0.15, 0.2) is 0 Å². The number of carboxylic acids is 1. The van der Waals surface area contributed by atoms with Gasteiger partial charge in [0.1, 0.15) is 0 Å². The van der Waals surface area contributed by atoms with Crippen LogP contribution >= 0.6 is 0 Å². The minimum absolute atomic E-state index is 0.0150. The van der Waals surface area contributed by atoms with Gasteiger partial charge in [-0.3, -0.25) is 4.79 Å². The van der Waals surface area contributed by atoms with Crippen molar-refractivity contribution in [1.82, 2.24) is 5.32 Å². The third kappa shape index (κ3) is 5.13. The molecule has 1 unspecified atom stereocenters. The number of carbonyl (C=O) groups is 2. The predicted octanol–water partition coefficient (Wildman–Crippen LogP) is 1.85. The van der Waals surface area contributed by atoms with Gasteiger partial charge in [0.25, 0.3) is 0 Å². The zero-order valence-electron chi connectivity index (χ0n) is 10.6. The lowest BCUT2D eigenvalue weighted by atomic mass is 10.1. The molecule has 5 heteroatoms. The molecule has 19 heavy (non-hydrogen) atoms. The van der Waals surface area contributed by atoms with Crippen molar-refractivity contribution in [1.29, 1.82) is 0 Å². The maximum absolute atomic E-state index is 11.6. The highest BCUT2D eigenvalue weighted by Crippen LogP contribution is 2.16. The minimum atomic E-state index is -0.875. The van der Waals surface area contributed by atoms with Crippen molar-refractivity contribution in [3.05, 3.63) is 29.8 Å². The Hall–Kier alpha value is -2.48. The molecule has 3 N–H and O–H groups in total. The molecule has 0 saturated heterocycles. The summed E-state index contributed by atoms with van der Waals surface area (Å²) in [7, 11) is 0. The molecule has 0 radical (unpaired) electrons. The lowest BCUT2D eigenvalue weighted by Crippen LogP contribution is -2.35. The molecule has 1 atom stereocenters. The Labute approximate surface area is 112 Å². The van der Waals surface area contributed by atoms with Gasteiger partial charge in [0.2, 0.25) is 0 Å². The molecule has 0 heterocycles. The van der Waals surface area contributed by atoms with Crippen LogP contribution in [0.15, 0.2) is 24.3 Å². The molecule has 0 fully saturated rings. The van der Waals surface area contributed by atoms with E-state index in [1.54, 1.807) is 31.2 Å². The number of hydrogen-bond donors (Lipinski definition) is 3. The Balaban J connectivity index is 2.70. The highest BCUT2D eigenvalue weighted by Gasteiger charge is 2.09. The number of amides is 2. The second-order valence-electron chi connectivity index (χ2n) is 4.04. The standard InChI is InChI=1S/C14H16N2O3/c1-3-10(2)15-14(19)16-12-7-5-4-6-11(12)8-9-13(17)18/h1,4-7,10H,8-9H2,2H3,(H,17,18)(H2,15,16,19). The van der Waals surface area contributed by atoms with Crippen molar-refractivity contribution < 1.29 is 14.7 Å². The van der Waals surface area contributed by atoms with Crippen LogP contribution in [0.25, 0.3) is 0 Å². The van der Waals surface area contributed by atoms with Crippen molar-refractivity contribution in [3.8, 4) is 12.3 Å². The monoisotopic (exact) mass is 260 g/mol. The van der Waals surface area contributed by atoms with E-state index in [9.17, 15) is 9.59 Å². The topological polar surface area (TPSA) is 78.4 Å². The first-order valence-corrected chi connectivity index (χ1v) is 5.86. The van der Waals surface area contributed by atoms with Crippen LogP contribution in [-0.2, 0) is 11.2 Å². The van der Waals surface area contributed by atoms with Gasteiger partial charge >= 0.3 is 12.0 Å². The third-order valence-electron chi connectivity index (χ3n) is 2.47. The van der Waals surface area contributed by atoms with Gasteiger partial charge < -0.3 is 15.7 Å². The number of carboxylic acid groups (broad SMARTS) is 1. The summed E-state index contributed by atoms with van der Waals surface area (Å²) in [4.78, 5) is 22.2. The normalized spacial score (nSPS) is 11.2. The van der Waals surface area contributed by atoms with E-state index in [-0.39, 0.29) is 12.5 Å². The number of aryl methyl sites for hydroxylation is 1. The van der Waals surface area contributed by atoms with Gasteiger partial charge in [-0.15, -0.1) is 6.42 Å². The fraction of sp³-hybridized carbons (Fsp3) is 0.286. The summed E-state index contributed by atoms with van der Waals surface area (Å²) in [5, 5.41) is 13.9. The number of benzene rings is 1. The van der Waals surface area contributed by atoms with Crippen molar-refractivity contribution in [2.24, 2.45) is 0 Å². The van der Waals surface area contributed by atoms with E-state index in [2.05, 4.69) is 16.6 Å². The van der Waals surface area contributed by atoms with Crippen LogP contribution < -0.4 is 10.6 Å². The van der Waals surface area contributed by atoms with E-state index in [1.807, 2.05) is 0 Å². The summed E-state index contributed by atoms with van der Waals surface area (Å²) in [6.45, 7) is 1.69. The van der Waals surface area contributed by atoms with Gasteiger partial charge in [0.05, 0.1) is 6.04 Å². The van der Waals surface area contributed by atoms with E-state index in [0.717, 1.165) is 5.56 Å².